The van der Waals surface area contributed by atoms with Crippen molar-refractivity contribution < 1.29 is 9.21 Å². The molecule has 0 radical (unpaired) electrons. The Bertz CT molecular complexity index is 592. The van der Waals surface area contributed by atoms with Gasteiger partial charge in [0.05, 0.1) is 17.3 Å². The molecule has 0 aliphatic heterocycles. The highest BCUT2D eigenvalue weighted by atomic mass is 16.3. The van der Waals surface area contributed by atoms with Crippen LogP contribution in [-0.4, -0.2) is 17.4 Å². The van der Waals surface area contributed by atoms with Crippen LogP contribution in [0.5, 0.6) is 0 Å². The van der Waals surface area contributed by atoms with Crippen molar-refractivity contribution >= 4 is 11.6 Å². The molecule has 0 aliphatic carbocycles. The molecule has 0 saturated heterocycles. The summed E-state index contributed by atoms with van der Waals surface area (Å²) in [7, 11) is 0. The molecule has 2 heterocycles. The third-order valence-electron chi connectivity index (χ3n) is 2.97. The first kappa shape index (κ1) is 14.1. The first-order valence-corrected chi connectivity index (χ1v) is 6.67. The molecule has 106 valence electrons. The molecule has 0 aliphatic rings. The van der Waals surface area contributed by atoms with Crippen LogP contribution >= 0.6 is 0 Å². The summed E-state index contributed by atoms with van der Waals surface area (Å²) < 4.78 is 5.51. The van der Waals surface area contributed by atoms with Gasteiger partial charge >= 0.3 is 0 Å². The summed E-state index contributed by atoms with van der Waals surface area (Å²) in [6, 6.07) is 5.35. The number of aromatic nitrogens is 1. The molecule has 5 heteroatoms. The number of hydrogen-bond donors (Lipinski definition) is 2. The maximum atomic E-state index is 12.3. The summed E-state index contributed by atoms with van der Waals surface area (Å²) in [4.78, 5) is 16.3. The molecule has 0 aromatic carbocycles. The van der Waals surface area contributed by atoms with Crippen molar-refractivity contribution in [3.63, 3.8) is 0 Å². The molecule has 2 aromatic heterocycles. The van der Waals surface area contributed by atoms with Gasteiger partial charge in [-0.2, -0.15) is 0 Å². The number of furan rings is 1. The lowest BCUT2D eigenvalue weighted by Gasteiger charge is -2.14. The van der Waals surface area contributed by atoms with E-state index in [1.54, 1.807) is 18.5 Å². The zero-order valence-corrected chi connectivity index (χ0v) is 11.9. The first-order chi connectivity index (χ1) is 9.61. The molecule has 0 fully saturated rings. The van der Waals surface area contributed by atoms with Crippen LogP contribution in [0, 0.1) is 6.92 Å². The molecule has 1 unspecified atom stereocenters. The minimum absolute atomic E-state index is 0.171. The summed E-state index contributed by atoms with van der Waals surface area (Å²) in [5.74, 6) is 1.40. The molecule has 1 amide bonds. The van der Waals surface area contributed by atoms with E-state index < -0.39 is 0 Å². The highest BCUT2D eigenvalue weighted by molar-refractivity contribution is 5.99. The van der Waals surface area contributed by atoms with Gasteiger partial charge in [-0.3, -0.25) is 9.78 Å². The molecule has 1 atom stereocenters. The molecular formula is C15H19N3O2. The van der Waals surface area contributed by atoms with Crippen molar-refractivity contribution in [1.29, 1.82) is 0 Å². The van der Waals surface area contributed by atoms with Crippen LogP contribution in [0.25, 0.3) is 0 Å². The molecule has 2 aromatic rings. The molecular weight excluding hydrogens is 254 g/mol. The Labute approximate surface area is 118 Å². The second-order valence-corrected chi connectivity index (χ2v) is 4.60. The van der Waals surface area contributed by atoms with E-state index in [0.717, 1.165) is 23.8 Å². The number of aryl methyl sites for hydroxylation is 1. The van der Waals surface area contributed by atoms with Gasteiger partial charge in [0.2, 0.25) is 0 Å². The van der Waals surface area contributed by atoms with E-state index in [9.17, 15) is 4.79 Å². The van der Waals surface area contributed by atoms with E-state index in [1.807, 2.05) is 32.9 Å². The number of carbonyl (C=O) groups is 1. The van der Waals surface area contributed by atoms with E-state index in [4.69, 9.17) is 4.42 Å². The second kappa shape index (κ2) is 6.23. The normalized spacial score (nSPS) is 11.9. The van der Waals surface area contributed by atoms with Gasteiger partial charge < -0.3 is 15.1 Å². The van der Waals surface area contributed by atoms with Crippen LogP contribution in [0.3, 0.4) is 0 Å². The number of carbonyl (C=O) groups excluding carboxylic acids is 1. The highest BCUT2D eigenvalue weighted by Gasteiger charge is 2.16. The summed E-state index contributed by atoms with van der Waals surface area (Å²) in [5, 5.41) is 6.06. The number of hydrogen-bond acceptors (Lipinski definition) is 4. The molecule has 2 rings (SSSR count). The van der Waals surface area contributed by atoms with Gasteiger partial charge in [-0.1, -0.05) is 0 Å². The van der Waals surface area contributed by atoms with Gasteiger partial charge in [0.25, 0.3) is 5.91 Å². The molecule has 0 bridgehead atoms. The van der Waals surface area contributed by atoms with Crippen LogP contribution < -0.4 is 10.6 Å². The quantitative estimate of drug-likeness (QED) is 0.879. The summed E-state index contributed by atoms with van der Waals surface area (Å²) in [6.07, 6.45) is 3.22. The minimum Gasteiger partial charge on any atom is -0.464 e. The Morgan fingerprint density at radius 1 is 1.40 bits per heavy atom. The van der Waals surface area contributed by atoms with Crippen molar-refractivity contribution in [2.75, 3.05) is 11.9 Å². The standard InChI is InChI=1S/C15H19N3O2/c1-4-17-13-7-8-16-9-12(13)15(19)18-11(3)14-6-5-10(2)20-14/h5-9,11H,4H2,1-3H3,(H,16,17)(H,18,19). The lowest BCUT2D eigenvalue weighted by atomic mass is 10.2. The number of amides is 1. The van der Waals surface area contributed by atoms with Crippen molar-refractivity contribution in [1.82, 2.24) is 10.3 Å². The fraction of sp³-hybridized carbons (Fsp3) is 0.333. The summed E-state index contributed by atoms with van der Waals surface area (Å²) in [5.41, 5.74) is 1.31. The Morgan fingerprint density at radius 3 is 2.85 bits per heavy atom. The SMILES string of the molecule is CCNc1ccncc1C(=O)NC(C)c1ccc(C)o1. The molecule has 5 nitrogen and oxygen atoms in total. The van der Waals surface area contributed by atoms with E-state index in [0.29, 0.717) is 5.56 Å². The van der Waals surface area contributed by atoms with Gasteiger partial charge in [-0.15, -0.1) is 0 Å². The summed E-state index contributed by atoms with van der Waals surface area (Å²) in [6.45, 7) is 6.50. The average Bonchev–Trinajstić information content (AvgIpc) is 2.86. The molecule has 20 heavy (non-hydrogen) atoms. The molecule has 0 spiro atoms. The van der Waals surface area contributed by atoms with Crippen LogP contribution in [0.2, 0.25) is 0 Å². The van der Waals surface area contributed by atoms with Crippen molar-refractivity contribution in [3.8, 4) is 0 Å². The highest BCUT2D eigenvalue weighted by Crippen LogP contribution is 2.18. The predicted octanol–water partition coefficient (Wildman–Crippen LogP) is 2.91. The smallest absolute Gasteiger partial charge is 0.255 e. The molecule has 0 saturated carbocycles. The lowest BCUT2D eigenvalue weighted by molar-refractivity contribution is 0.0935. The van der Waals surface area contributed by atoms with Crippen LogP contribution in [0.4, 0.5) is 5.69 Å². The Balaban J connectivity index is 2.12. The predicted molar refractivity (Wildman–Crippen MR) is 77.7 cm³/mol. The van der Waals surface area contributed by atoms with Crippen molar-refractivity contribution in [2.24, 2.45) is 0 Å². The third kappa shape index (κ3) is 3.17. The fourth-order valence-corrected chi connectivity index (χ4v) is 1.95. The first-order valence-electron chi connectivity index (χ1n) is 6.67. The minimum atomic E-state index is -0.189. The maximum Gasteiger partial charge on any atom is 0.255 e. The van der Waals surface area contributed by atoms with Gasteiger partial charge in [-0.05, 0) is 39.0 Å². The van der Waals surface area contributed by atoms with E-state index in [1.165, 1.54) is 0 Å². The Kier molecular flexibility index (Phi) is 4.40. The second-order valence-electron chi connectivity index (χ2n) is 4.60. The topological polar surface area (TPSA) is 67.2 Å². The zero-order chi connectivity index (χ0) is 14.5. The van der Waals surface area contributed by atoms with E-state index in [-0.39, 0.29) is 11.9 Å². The van der Waals surface area contributed by atoms with Crippen molar-refractivity contribution in [2.45, 2.75) is 26.8 Å². The van der Waals surface area contributed by atoms with Crippen molar-refractivity contribution in [3.05, 3.63) is 47.7 Å². The lowest BCUT2D eigenvalue weighted by Crippen LogP contribution is -2.27. The monoisotopic (exact) mass is 273 g/mol. The maximum absolute atomic E-state index is 12.3. The third-order valence-corrected chi connectivity index (χ3v) is 2.97. The summed E-state index contributed by atoms with van der Waals surface area (Å²) >= 11 is 0. The van der Waals surface area contributed by atoms with Crippen LogP contribution in [-0.2, 0) is 0 Å². The largest absolute Gasteiger partial charge is 0.464 e. The number of pyridine rings is 1. The zero-order valence-electron chi connectivity index (χ0n) is 11.9. The fourth-order valence-electron chi connectivity index (χ4n) is 1.95. The van der Waals surface area contributed by atoms with Gasteiger partial charge in [0, 0.05) is 18.9 Å². The Hall–Kier alpha value is -2.30. The Morgan fingerprint density at radius 2 is 2.20 bits per heavy atom. The van der Waals surface area contributed by atoms with E-state index >= 15 is 0 Å². The number of nitrogens with zero attached hydrogens (tertiary/aromatic N) is 1. The number of anilines is 1. The van der Waals surface area contributed by atoms with Gasteiger partial charge in [0.1, 0.15) is 11.5 Å². The number of nitrogens with one attached hydrogen (secondary N) is 2. The van der Waals surface area contributed by atoms with E-state index in [2.05, 4.69) is 15.6 Å². The van der Waals surface area contributed by atoms with Crippen LogP contribution in [0.15, 0.2) is 35.0 Å². The van der Waals surface area contributed by atoms with Crippen LogP contribution in [0.1, 0.15) is 41.8 Å². The molecule has 2 N–H and O–H groups in total. The van der Waals surface area contributed by atoms with Gasteiger partial charge in [-0.25, -0.2) is 0 Å². The average molecular weight is 273 g/mol. The number of rotatable bonds is 5. The van der Waals surface area contributed by atoms with Gasteiger partial charge in [0.15, 0.2) is 0 Å².